The number of piperazine rings is 1. The Kier molecular flexibility index (Phi) is 5.67. The lowest BCUT2D eigenvalue weighted by Gasteiger charge is -2.35. The second kappa shape index (κ2) is 8.52. The molecule has 0 aliphatic carbocycles. The molecule has 0 spiro atoms. The Morgan fingerprint density at radius 1 is 1.00 bits per heavy atom. The van der Waals surface area contributed by atoms with Crippen LogP contribution in [0.1, 0.15) is 12.0 Å². The largest absolute Gasteiger partial charge is 0.454 e. The van der Waals surface area contributed by atoms with Crippen molar-refractivity contribution in [3.8, 4) is 11.5 Å². The monoisotopic (exact) mass is 381 g/mol. The summed E-state index contributed by atoms with van der Waals surface area (Å²) in [5.41, 5.74) is 2.36. The third kappa shape index (κ3) is 4.39. The molecule has 2 aromatic carbocycles. The average molecular weight is 381 g/mol. The summed E-state index contributed by atoms with van der Waals surface area (Å²) < 4.78 is 10.8. The molecule has 4 rings (SSSR count). The van der Waals surface area contributed by atoms with Crippen LogP contribution in [0.5, 0.6) is 11.5 Å². The van der Waals surface area contributed by atoms with Crippen LogP contribution in [-0.4, -0.2) is 62.3 Å². The van der Waals surface area contributed by atoms with Gasteiger partial charge < -0.3 is 19.3 Å². The second-order valence-corrected chi connectivity index (χ2v) is 7.35. The summed E-state index contributed by atoms with van der Waals surface area (Å²) in [4.78, 5) is 19.1. The predicted octanol–water partition coefficient (Wildman–Crippen LogP) is 2.59. The molecule has 2 aliphatic rings. The molecule has 6 heteroatoms. The molecule has 1 saturated heterocycles. The molecule has 0 N–H and O–H groups in total. The summed E-state index contributed by atoms with van der Waals surface area (Å²) in [6, 6.07) is 16.3. The van der Waals surface area contributed by atoms with Gasteiger partial charge in [-0.25, -0.2) is 0 Å². The fraction of sp³-hybridized carbons (Fsp3) is 0.409. The number of amides is 1. The van der Waals surface area contributed by atoms with E-state index >= 15 is 0 Å². The number of carbonyl (C=O) groups excluding carboxylic acids is 1. The van der Waals surface area contributed by atoms with Crippen molar-refractivity contribution < 1.29 is 14.3 Å². The summed E-state index contributed by atoms with van der Waals surface area (Å²) in [6.07, 6.45) is 0.549. The van der Waals surface area contributed by atoms with Gasteiger partial charge in [0.25, 0.3) is 0 Å². The molecule has 28 heavy (non-hydrogen) atoms. The van der Waals surface area contributed by atoms with Crippen LogP contribution in [0.4, 0.5) is 5.69 Å². The van der Waals surface area contributed by atoms with Crippen LogP contribution in [0.25, 0.3) is 0 Å². The third-order valence-electron chi connectivity index (χ3n) is 5.43. The van der Waals surface area contributed by atoms with E-state index in [1.807, 2.05) is 36.2 Å². The maximum absolute atomic E-state index is 12.6. The van der Waals surface area contributed by atoms with E-state index in [1.54, 1.807) is 0 Å². The zero-order chi connectivity index (χ0) is 19.3. The van der Waals surface area contributed by atoms with Gasteiger partial charge in [0.05, 0.1) is 0 Å². The van der Waals surface area contributed by atoms with Gasteiger partial charge in [0.1, 0.15) is 0 Å². The lowest BCUT2D eigenvalue weighted by Crippen LogP contribution is -2.48. The zero-order valence-corrected chi connectivity index (χ0v) is 16.3. The summed E-state index contributed by atoms with van der Waals surface area (Å²) in [5.74, 6) is 1.89. The highest BCUT2D eigenvalue weighted by atomic mass is 16.7. The first-order valence-electron chi connectivity index (χ1n) is 9.84. The molecule has 6 nitrogen and oxygen atoms in total. The van der Waals surface area contributed by atoms with Gasteiger partial charge >= 0.3 is 0 Å². The maximum Gasteiger partial charge on any atom is 0.231 e. The number of ether oxygens (including phenoxy) is 2. The summed E-state index contributed by atoms with van der Waals surface area (Å²) in [5, 5.41) is 0. The number of benzene rings is 2. The summed E-state index contributed by atoms with van der Waals surface area (Å²) in [7, 11) is 2.03. The lowest BCUT2D eigenvalue weighted by atomic mass is 10.1. The van der Waals surface area contributed by atoms with E-state index in [4.69, 9.17) is 9.47 Å². The highest BCUT2D eigenvalue weighted by Crippen LogP contribution is 2.32. The van der Waals surface area contributed by atoms with Crippen molar-refractivity contribution in [2.75, 3.05) is 51.5 Å². The molecule has 0 atom stereocenters. The average Bonchev–Trinajstić information content (AvgIpc) is 3.21. The third-order valence-corrected chi connectivity index (χ3v) is 5.43. The Morgan fingerprint density at radius 2 is 1.75 bits per heavy atom. The van der Waals surface area contributed by atoms with E-state index in [2.05, 4.69) is 34.1 Å². The minimum Gasteiger partial charge on any atom is -0.454 e. The van der Waals surface area contributed by atoms with Gasteiger partial charge in [0.15, 0.2) is 11.5 Å². The van der Waals surface area contributed by atoms with Gasteiger partial charge in [-0.05, 0) is 29.8 Å². The zero-order valence-electron chi connectivity index (χ0n) is 16.3. The molecular formula is C22H27N3O3. The van der Waals surface area contributed by atoms with Gasteiger partial charge in [0.2, 0.25) is 12.7 Å². The molecule has 0 unspecified atom stereocenters. The second-order valence-electron chi connectivity index (χ2n) is 7.35. The van der Waals surface area contributed by atoms with Crippen LogP contribution in [0, 0.1) is 0 Å². The molecule has 0 saturated carbocycles. The van der Waals surface area contributed by atoms with E-state index < -0.39 is 0 Å². The summed E-state index contributed by atoms with van der Waals surface area (Å²) >= 11 is 0. The van der Waals surface area contributed by atoms with Crippen LogP contribution < -0.4 is 14.4 Å². The quantitative estimate of drug-likeness (QED) is 0.770. The van der Waals surface area contributed by atoms with E-state index in [0.717, 1.165) is 56.5 Å². The first-order valence-corrected chi connectivity index (χ1v) is 9.84. The van der Waals surface area contributed by atoms with Crippen LogP contribution in [-0.2, 0) is 11.3 Å². The maximum atomic E-state index is 12.6. The van der Waals surface area contributed by atoms with Gasteiger partial charge in [-0.3, -0.25) is 9.69 Å². The fourth-order valence-corrected chi connectivity index (χ4v) is 3.69. The van der Waals surface area contributed by atoms with Crippen molar-refractivity contribution in [3.63, 3.8) is 0 Å². The number of nitrogens with zero attached hydrogens (tertiary/aromatic N) is 3. The lowest BCUT2D eigenvalue weighted by molar-refractivity contribution is -0.132. The van der Waals surface area contributed by atoms with Crippen molar-refractivity contribution in [3.05, 3.63) is 54.1 Å². The van der Waals surface area contributed by atoms with Crippen molar-refractivity contribution in [2.45, 2.75) is 13.0 Å². The van der Waals surface area contributed by atoms with Crippen molar-refractivity contribution in [1.82, 2.24) is 9.80 Å². The van der Waals surface area contributed by atoms with Gasteiger partial charge in [-0.1, -0.05) is 24.3 Å². The number of hydrogen-bond acceptors (Lipinski definition) is 5. The molecule has 1 fully saturated rings. The molecule has 0 radical (unpaired) electrons. The van der Waals surface area contributed by atoms with Crippen molar-refractivity contribution in [2.24, 2.45) is 0 Å². The van der Waals surface area contributed by atoms with Crippen LogP contribution >= 0.6 is 0 Å². The van der Waals surface area contributed by atoms with Crippen LogP contribution in [0.2, 0.25) is 0 Å². The SMILES string of the molecule is CN(CCC(=O)N1CCN(Cc2ccc3c(c2)OCO3)CC1)c1ccccc1. The number of para-hydroxylation sites is 1. The first kappa shape index (κ1) is 18.6. The minimum atomic E-state index is 0.241. The molecule has 0 aromatic heterocycles. The Bertz CT molecular complexity index is 804. The van der Waals surface area contributed by atoms with Gasteiger partial charge in [0, 0.05) is 58.4 Å². The Hall–Kier alpha value is -2.73. The van der Waals surface area contributed by atoms with E-state index in [1.165, 1.54) is 5.56 Å². The van der Waals surface area contributed by atoms with Crippen LogP contribution in [0.3, 0.4) is 0 Å². The molecule has 0 bridgehead atoms. The van der Waals surface area contributed by atoms with E-state index in [-0.39, 0.29) is 5.91 Å². The molecule has 2 aliphatic heterocycles. The molecule has 1 amide bonds. The molecule has 2 aromatic rings. The van der Waals surface area contributed by atoms with Crippen molar-refractivity contribution in [1.29, 1.82) is 0 Å². The number of anilines is 1. The highest BCUT2D eigenvalue weighted by Gasteiger charge is 2.22. The smallest absolute Gasteiger partial charge is 0.231 e. The Labute approximate surface area is 166 Å². The molecule has 2 heterocycles. The number of hydrogen-bond donors (Lipinski definition) is 0. The predicted molar refractivity (Wildman–Crippen MR) is 109 cm³/mol. The highest BCUT2D eigenvalue weighted by molar-refractivity contribution is 5.77. The van der Waals surface area contributed by atoms with E-state index in [0.29, 0.717) is 13.2 Å². The first-order chi connectivity index (χ1) is 13.7. The number of fused-ring (bicyclic) bond motifs is 1. The number of carbonyl (C=O) groups is 1. The Morgan fingerprint density at radius 3 is 2.54 bits per heavy atom. The van der Waals surface area contributed by atoms with Gasteiger partial charge in [-0.2, -0.15) is 0 Å². The topological polar surface area (TPSA) is 45.3 Å². The van der Waals surface area contributed by atoms with Crippen molar-refractivity contribution >= 4 is 11.6 Å². The summed E-state index contributed by atoms with van der Waals surface area (Å²) in [6.45, 7) is 5.29. The standard InChI is InChI=1S/C22H27N3O3/c1-23(19-5-3-2-4-6-19)10-9-22(26)25-13-11-24(12-14-25)16-18-7-8-20-21(15-18)28-17-27-20/h2-8,15H,9-14,16-17H2,1H3. The van der Waals surface area contributed by atoms with Gasteiger partial charge in [-0.15, -0.1) is 0 Å². The molecular weight excluding hydrogens is 354 g/mol. The fourth-order valence-electron chi connectivity index (χ4n) is 3.69. The minimum absolute atomic E-state index is 0.241. The van der Waals surface area contributed by atoms with Crippen LogP contribution in [0.15, 0.2) is 48.5 Å². The van der Waals surface area contributed by atoms with E-state index in [9.17, 15) is 4.79 Å². The molecule has 148 valence electrons. The number of rotatable bonds is 6. The normalized spacial score (nSPS) is 16.2. The Balaban J connectivity index is 1.22.